The van der Waals surface area contributed by atoms with Crippen LogP contribution in [0.1, 0.15) is 63.9 Å². The quantitative estimate of drug-likeness (QED) is 0.796. The molecule has 2 fully saturated rings. The maximum Gasteiger partial charge on any atom is 0.115 e. The lowest BCUT2D eigenvalue weighted by molar-refractivity contribution is 0.0553. The van der Waals surface area contributed by atoms with E-state index in [-0.39, 0.29) is 0 Å². The lowest BCUT2D eigenvalue weighted by atomic mass is 9.59. The van der Waals surface area contributed by atoms with Crippen LogP contribution in [-0.4, -0.2) is 29.6 Å². The van der Waals surface area contributed by atoms with Gasteiger partial charge in [0, 0.05) is 12.0 Å². The third kappa shape index (κ3) is 3.17. The summed E-state index contributed by atoms with van der Waals surface area (Å²) in [6.45, 7) is 6.06. The van der Waals surface area contributed by atoms with Crippen molar-refractivity contribution in [1.82, 2.24) is 4.90 Å². The second kappa shape index (κ2) is 7.04. The van der Waals surface area contributed by atoms with E-state index in [9.17, 15) is 5.11 Å². The highest BCUT2D eigenvalue weighted by atomic mass is 16.3. The Morgan fingerprint density at radius 2 is 2.14 bits per heavy atom. The van der Waals surface area contributed by atoms with Crippen LogP contribution in [0.5, 0.6) is 5.75 Å². The first kappa shape index (κ1) is 15.9. The molecule has 2 nitrogen and oxygen atoms in total. The number of hydrogen-bond donors (Lipinski definition) is 1. The molecule has 1 aromatic rings. The molecule has 1 saturated carbocycles. The Kier molecular flexibility index (Phi) is 5.07. The molecule has 2 aliphatic rings. The molecule has 1 N–H and O–H groups in total. The number of piperidine rings is 1. The zero-order valence-electron chi connectivity index (χ0n) is 14.1. The number of hydrogen-bond acceptors (Lipinski definition) is 2. The van der Waals surface area contributed by atoms with Gasteiger partial charge in [0.15, 0.2) is 0 Å². The molecule has 0 spiro atoms. The molecule has 0 amide bonds. The lowest BCUT2D eigenvalue weighted by Gasteiger charge is -2.51. The van der Waals surface area contributed by atoms with Crippen LogP contribution in [0.15, 0.2) is 24.3 Å². The first-order valence-electron chi connectivity index (χ1n) is 9.26. The minimum absolute atomic E-state index is 0.332. The van der Waals surface area contributed by atoms with Crippen molar-refractivity contribution >= 4 is 0 Å². The molecule has 0 bridgehead atoms. The molecule has 1 saturated heterocycles. The summed E-state index contributed by atoms with van der Waals surface area (Å²) in [4.78, 5) is 2.70. The standard InChI is InChI=1S/C20H31NO/c1-2-3-6-13-21-14-12-20(11-5-4-8-18(20)16-21)17-9-7-10-19(22)15-17/h7,9-10,15,18,22H,2-6,8,11-14,16H2,1H3/t18-,20-/m0/s1. The van der Waals surface area contributed by atoms with Crippen LogP contribution in [0.25, 0.3) is 0 Å². The van der Waals surface area contributed by atoms with Crippen molar-refractivity contribution < 1.29 is 5.11 Å². The van der Waals surface area contributed by atoms with E-state index in [1.165, 1.54) is 76.6 Å². The summed E-state index contributed by atoms with van der Waals surface area (Å²) in [5.74, 6) is 1.21. The van der Waals surface area contributed by atoms with Gasteiger partial charge in [0.25, 0.3) is 0 Å². The summed E-state index contributed by atoms with van der Waals surface area (Å²) in [7, 11) is 0. The van der Waals surface area contributed by atoms with E-state index in [0.29, 0.717) is 11.2 Å². The van der Waals surface area contributed by atoms with Crippen molar-refractivity contribution in [2.45, 2.75) is 63.7 Å². The average molecular weight is 301 g/mol. The predicted molar refractivity (Wildman–Crippen MR) is 92.3 cm³/mol. The van der Waals surface area contributed by atoms with E-state index in [0.717, 1.165) is 5.92 Å². The molecule has 1 aromatic carbocycles. The normalized spacial score (nSPS) is 29.2. The molecule has 2 heteroatoms. The van der Waals surface area contributed by atoms with Crippen LogP contribution in [0, 0.1) is 5.92 Å². The maximum atomic E-state index is 9.92. The summed E-state index contributed by atoms with van der Waals surface area (Å²) in [6.07, 6.45) is 10.7. The fourth-order valence-corrected chi connectivity index (χ4v) is 4.80. The van der Waals surface area contributed by atoms with Crippen molar-refractivity contribution in [3.63, 3.8) is 0 Å². The van der Waals surface area contributed by atoms with E-state index in [1.54, 1.807) is 6.07 Å². The Morgan fingerprint density at radius 3 is 2.95 bits per heavy atom. The second-order valence-electron chi connectivity index (χ2n) is 7.41. The Morgan fingerprint density at radius 1 is 1.23 bits per heavy atom. The number of fused-ring (bicyclic) bond motifs is 1. The summed E-state index contributed by atoms with van der Waals surface area (Å²) >= 11 is 0. The van der Waals surface area contributed by atoms with Crippen molar-refractivity contribution in [2.24, 2.45) is 5.92 Å². The molecule has 0 aromatic heterocycles. The third-order valence-corrected chi connectivity index (χ3v) is 6.06. The molecule has 0 radical (unpaired) electrons. The fraction of sp³-hybridized carbons (Fsp3) is 0.700. The van der Waals surface area contributed by atoms with Gasteiger partial charge in [-0.05, 0) is 62.4 Å². The van der Waals surface area contributed by atoms with Crippen LogP contribution in [0.3, 0.4) is 0 Å². The molecular weight excluding hydrogens is 270 g/mol. The van der Waals surface area contributed by atoms with Gasteiger partial charge in [0.2, 0.25) is 0 Å². The van der Waals surface area contributed by atoms with E-state index in [1.807, 2.05) is 12.1 Å². The van der Waals surface area contributed by atoms with Crippen LogP contribution in [0.2, 0.25) is 0 Å². The van der Waals surface area contributed by atoms with E-state index in [2.05, 4.69) is 17.9 Å². The zero-order chi connectivity index (χ0) is 15.4. The molecule has 22 heavy (non-hydrogen) atoms. The molecule has 3 rings (SSSR count). The first-order valence-corrected chi connectivity index (χ1v) is 9.26. The SMILES string of the molecule is CCCCCN1CC[C@]2(c3cccc(O)c3)CCCC[C@H]2C1. The van der Waals surface area contributed by atoms with Gasteiger partial charge in [-0.15, -0.1) is 0 Å². The van der Waals surface area contributed by atoms with Crippen LogP contribution >= 0.6 is 0 Å². The Labute approximate surface area is 135 Å². The van der Waals surface area contributed by atoms with Crippen molar-refractivity contribution in [2.75, 3.05) is 19.6 Å². The molecule has 1 aliphatic carbocycles. The summed E-state index contributed by atoms with van der Waals surface area (Å²) in [5.41, 5.74) is 1.73. The molecule has 0 unspecified atom stereocenters. The number of phenols is 1. The fourth-order valence-electron chi connectivity index (χ4n) is 4.80. The van der Waals surface area contributed by atoms with Gasteiger partial charge in [-0.1, -0.05) is 44.7 Å². The maximum absolute atomic E-state index is 9.92. The summed E-state index contributed by atoms with van der Waals surface area (Å²) in [6, 6.07) is 8.12. The predicted octanol–water partition coefficient (Wildman–Crippen LogP) is 4.72. The van der Waals surface area contributed by atoms with Crippen molar-refractivity contribution in [1.29, 1.82) is 0 Å². The summed E-state index contributed by atoms with van der Waals surface area (Å²) < 4.78 is 0. The molecule has 2 atom stereocenters. The second-order valence-corrected chi connectivity index (χ2v) is 7.41. The number of benzene rings is 1. The third-order valence-electron chi connectivity index (χ3n) is 6.06. The minimum atomic E-state index is 0.332. The van der Waals surface area contributed by atoms with E-state index < -0.39 is 0 Å². The van der Waals surface area contributed by atoms with Gasteiger partial charge in [0.1, 0.15) is 5.75 Å². The number of unbranched alkanes of at least 4 members (excludes halogenated alkanes) is 2. The highest BCUT2D eigenvalue weighted by molar-refractivity contribution is 5.35. The highest BCUT2D eigenvalue weighted by Crippen LogP contribution is 2.49. The van der Waals surface area contributed by atoms with Crippen molar-refractivity contribution in [3.8, 4) is 5.75 Å². The smallest absolute Gasteiger partial charge is 0.115 e. The number of rotatable bonds is 5. The van der Waals surface area contributed by atoms with Gasteiger partial charge < -0.3 is 10.0 Å². The number of phenolic OH excluding ortho intramolecular Hbond substituents is 1. The minimum Gasteiger partial charge on any atom is -0.508 e. The largest absolute Gasteiger partial charge is 0.508 e. The molecule has 1 heterocycles. The summed E-state index contributed by atoms with van der Waals surface area (Å²) in [5, 5.41) is 9.92. The van der Waals surface area contributed by atoms with E-state index in [4.69, 9.17) is 0 Å². The monoisotopic (exact) mass is 301 g/mol. The van der Waals surface area contributed by atoms with Gasteiger partial charge in [0.05, 0.1) is 0 Å². The van der Waals surface area contributed by atoms with Gasteiger partial charge >= 0.3 is 0 Å². The molecule has 1 aliphatic heterocycles. The highest BCUT2D eigenvalue weighted by Gasteiger charge is 2.45. The number of aromatic hydroxyl groups is 1. The average Bonchev–Trinajstić information content (AvgIpc) is 2.55. The van der Waals surface area contributed by atoms with Crippen LogP contribution in [0.4, 0.5) is 0 Å². The Balaban J connectivity index is 1.75. The van der Waals surface area contributed by atoms with E-state index >= 15 is 0 Å². The lowest BCUT2D eigenvalue weighted by Crippen LogP contribution is -2.51. The van der Waals surface area contributed by atoms with Gasteiger partial charge in [-0.3, -0.25) is 0 Å². The van der Waals surface area contributed by atoms with Gasteiger partial charge in [-0.25, -0.2) is 0 Å². The Bertz CT molecular complexity index is 486. The number of likely N-dealkylation sites (tertiary alicyclic amines) is 1. The Hall–Kier alpha value is -1.02. The van der Waals surface area contributed by atoms with Crippen molar-refractivity contribution in [3.05, 3.63) is 29.8 Å². The number of nitrogens with zero attached hydrogens (tertiary/aromatic N) is 1. The van der Waals surface area contributed by atoms with Crippen LogP contribution in [-0.2, 0) is 5.41 Å². The topological polar surface area (TPSA) is 23.5 Å². The zero-order valence-corrected chi connectivity index (χ0v) is 14.1. The first-order chi connectivity index (χ1) is 10.7. The molecule has 122 valence electrons. The van der Waals surface area contributed by atoms with Crippen LogP contribution < -0.4 is 0 Å². The molecular formula is C20H31NO. The van der Waals surface area contributed by atoms with Gasteiger partial charge in [-0.2, -0.15) is 0 Å².